The molecule has 0 aromatic carbocycles. The Labute approximate surface area is 79.8 Å². The second-order valence-corrected chi connectivity index (χ2v) is 3.61. The Morgan fingerprint density at radius 1 is 1.21 bits per heavy atom. The Balaban J connectivity index is 2.99. The van der Waals surface area contributed by atoms with Gasteiger partial charge in [-0.15, -0.1) is 0 Å². The van der Waals surface area contributed by atoms with E-state index in [1.165, 1.54) is 6.92 Å². The molecule has 0 radical (unpaired) electrons. The summed E-state index contributed by atoms with van der Waals surface area (Å²) in [6.45, 7) is 0.439. The van der Waals surface area contributed by atoms with Gasteiger partial charge in [-0.3, -0.25) is 0 Å². The molecule has 7 heteroatoms. The molecule has 0 unspecified atom stereocenters. The highest BCUT2D eigenvalue weighted by atomic mass is 16.7. The van der Waals surface area contributed by atoms with Gasteiger partial charge in [-0.05, 0) is 6.92 Å². The predicted molar refractivity (Wildman–Crippen MR) is 41.8 cm³/mol. The summed E-state index contributed by atoms with van der Waals surface area (Å²) in [6.07, 6.45) is -5.87. The Morgan fingerprint density at radius 3 is 2.14 bits per heavy atom. The molecule has 0 aromatic heterocycles. The standard InChI is InChI=1S/C7H14O7/c1-6(2-8)5(11)7(12,13)3(9)4(10)14-6/h3-5,8-13H,2H2,1H3/t3-,4+,5+,6+/m0/s1. The van der Waals surface area contributed by atoms with Crippen LogP contribution in [0.25, 0.3) is 0 Å². The maximum absolute atomic E-state index is 9.39. The van der Waals surface area contributed by atoms with E-state index in [2.05, 4.69) is 4.74 Å². The summed E-state index contributed by atoms with van der Waals surface area (Å²) in [7, 11) is 0. The van der Waals surface area contributed by atoms with Crippen molar-refractivity contribution in [3.8, 4) is 0 Å². The highest BCUT2D eigenvalue weighted by Crippen LogP contribution is 2.33. The summed E-state index contributed by atoms with van der Waals surface area (Å²) >= 11 is 0. The van der Waals surface area contributed by atoms with E-state index in [4.69, 9.17) is 15.3 Å². The fourth-order valence-corrected chi connectivity index (χ4v) is 1.35. The molecule has 84 valence electrons. The molecule has 0 bridgehead atoms. The van der Waals surface area contributed by atoms with Gasteiger partial charge in [-0.25, -0.2) is 0 Å². The highest BCUT2D eigenvalue weighted by molar-refractivity contribution is 5.01. The van der Waals surface area contributed by atoms with E-state index in [0.717, 1.165) is 0 Å². The van der Waals surface area contributed by atoms with Crippen molar-refractivity contribution >= 4 is 0 Å². The lowest BCUT2D eigenvalue weighted by Crippen LogP contribution is -2.71. The minimum absolute atomic E-state index is 0.735. The number of aliphatic hydroxyl groups excluding tert-OH is 4. The molecular formula is C7H14O7. The van der Waals surface area contributed by atoms with Gasteiger partial charge in [0.2, 0.25) is 5.79 Å². The van der Waals surface area contributed by atoms with E-state index in [1.807, 2.05) is 0 Å². The van der Waals surface area contributed by atoms with Gasteiger partial charge < -0.3 is 35.4 Å². The molecule has 0 aliphatic carbocycles. The number of rotatable bonds is 1. The van der Waals surface area contributed by atoms with Gasteiger partial charge in [-0.1, -0.05) is 0 Å². The van der Waals surface area contributed by atoms with E-state index in [-0.39, 0.29) is 0 Å². The van der Waals surface area contributed by atoms with Crippen LogP contribution in [0.15, 0.2) is 0 Å². The molecule has 1 aliphatic rings. The van der Waals surface area contributed by atoms with Crippen molar-refractivity contribution < 1.29 is 35.4 Å². The normalized spacial score (nSPS) is 47.8. The molecule has 0 saturated carbocycles. The van der Waals surface area contributed by atoms with E-state index < -0.39 is 36.5 Å². The molecule has 7 nitrogen and oxygen atoms in total. The van der Waals surface area contributed by atoms with Crippen molar-refractivity contribution in [2.75, 3.05) is 6.61 Å². The average Bonchev–Trinajstić information content (AvgIpc) is 2.13. The molecule has 4 atom stereocenters. The van der Waals surface area contributed by atoms with Crippen LogP contribution in [0.5, 0.6) is 0 Å². The second kappa shape index (κ2) is 3.38. The zero-order valence-corrected chi connectivity index (χ0v) is 7.53. The van der Waals surface area contributed by atoms with Crippen molar-refractivity contribution in [3.05, 3.63) is 0 Å². The Kier molecular flexibility index (Phi) is 2.85. The molecule has 0 aromatic rings. The van der Waals surface area contributed by atoms with Gasteiger partial charge in [-0.2, -0.15) is 0 Å². The van der Waals surface area contributed by atoms with Crippen LogP contribution in [0.1, 0.15) is 6.92 Å². The lowest BCUT2D eigenvalue weighted by Gasteiger charge is -2.48. The maximum atomic E-state index is 9.39. The highest BCUT2D eigenvalue weighted by Gasteiger charge is 2.59. The Bertz CT molecular complexity index is 213. The second-order valence-electron chi connectivity index (χ2n) is 3.61. The first-order valence-corrected chi connectivity index (χ1v) is 4.03. The molecule has 0 amide bonds. The smallest absolute Gasteiger partial charge is 0.224 e. The third-order valence-electron chi connectivity index (χ3n) is 2.39. The van der Waals surface area contributed by atoms with E-state index >= 15 is 0 Å². The van der Waals surface area contributed by atoms with E-state index in [0.29, 0.717) is 0 Å². The van der Waals surface area contributed by atoms with Crippen molar-refractivity contribution in [2.24, 2.45) is 0 Å². The zero-order valence-electron chi connectivity index (χ0n) is 7.53. The summed E-state index contributed by atoms with van der Waals surface area (Å²) in [5, 5.41) is 54.9. The largest absolute Gasteiger partial charge is 0.393 e. The summed E-state index contributed by atoms with van der Waals surface area (Å²) in [5.74, 6) is -2.92. The van der Waals surface area contributed by atoms with Crippen LogP contribution >= 0.6 is 0 Å². The molecule has 1 heterocycles. The molecule has 1 saturated heterocycles. The number of ether oxygens (including phenoxy) is 1. The predicted octanol–water partition coefficient (Wildman–Crippen LogP) is -3.51. The molecule has 0 spiro atoms. The Morgan fingerprint density at radius 2 is 1.71 bits per heavy atom. The molecular weight excluding hydrogens is 196 g/mol. The third kappa shape index (κ3) is 1.52. The van der Waals surface area contributed by atoms with Crippen LogP contribution in [-0.2, 0) is 4.74 Å². The summed E-state index contributed by atoms with van der Waals surface area (Å²) in [5.41, 5.74) is -1.73. The van der Waals surface area contributed by atoms with Crippen molar-refractivity contribution in [2.45, 2.75) is 36.8 Å². The van der Waals surface area contributed by atoms with Crippen LogP contribution in [-0.4, -0.2) is 67.1 Å². The lowest BCUT2D eigenvalue weighted by atomic mass is 9.86. The molecule has 1 rings (SSSR count). The van der Waals surface area contributed by atoms with Crippen LogP contribution in [0.4, 0.5) is 0 Å². The Hall–Kier alpha value is -0.280. The molecule has 14 heavy (non-hydrogen) atoms. The lowest BCUT2D eigenvalue weighted by molar-refractivity contribution is -0.404. The molecule has 6 N–H and O–H groups in total. The minimum atomic E-state index is -2.92. The SMILES string of the molecule is C[C@]1(CO)O[C@@H](O)[C@H](O)C(O)(O)[C@@H]1O. The topological polar surface area (TPSA) is 131 Å². The summed E-state index contributed by atoms with van der Waals surface area (Å²) < 4.78 is 4.67. The van der Waals surface area contributed by atoms with Crippen LogP contribution < -0.4 is 0 Å². The minimum Gasteiger partial charge on any atom is -0.393 e. The van der Waals surface area contributed by atoms with Crippen LogP contribution in [0, 0.1) is 0 Å². The summed E-state index contributed by atoms with van der Waals surface area (Å²) in [6, 6.07) is 0. The van der Waals surface area contributed by atoms with E-state index in [1.54, 1.807) is 0 Å². The molecule has 1 aliphatic heterocycles. The monoisotopic (exact) mass is 210 g/mol. The number of aliphatic hydroxyl groups is 6. The van der Waals surface area contributed by atoms with Crippen molar-refractivity contribution in [3.63, 3.8) is 0 Å². The quantitative estimate of drug-likeness (QED) is 0.247. The van der Waals surface area contributed by atoms with Gasteiger partial charge in [0.05, 0.1) is 6.61 Å². The first-order chi connectivity index (χ1) is 6.25. The van der Waals surface area contributed by atoms with Crippen molar-refractivity contribution in [1.82, 2.24) is 0 Å². The fourth-order valence-electron chi connectivity index (χ4n) is 1.35. The van der Waals surface area contributed by atoms with Gasteiger partial charge in [0.1, 0.15) is 11.7 Å². The van der Waals surface area contributed by atoms with Crippen LogP contribution in [0.2, 0.25) is 0 Å². The third-order valence-corrected chi connectivity index (χ3v) is 2.39. The van der Waals surface area contributed by atoms with Gasteiger partial charge in [0, 0.05) is 0 Å². The van der Waals surface area contributed by atoms with Gasteiger partial charge in [0.25, 0.3) is 0 Å². The van der Waals surface area contributed by atoms with Gasteiger partial charge in [0.15, 0.2) is 12.4 Å². The average molecular weight is 210 g/mol. The maximum Gasteiger partial charge on any atom is 0.224 e. The summed E-state index contributed by atoms with van der Waals surface area (Å²) in [4.78, 5) is 0. The van der Waals surface area contributed by atoms with Gasteiger partial charge >= 0.3 is 0 Å². The number of hydrogen-bond acceptors (Lipinski definition) is 7. The van der Waals surface area contributed by atoms with Crippen LogP contribution in [0.3, 0.4) is 0 Å². The van der Waals surface area contributed by atoms with E-state index in [9.17, 15) is 15.3 Å². The first kappa shape index (κ1) is 11.8. The fraction of sp³-hybridized carbons (Fsp3) is 1.00. The molecule has 1 fully saturated rings. The zero-order chi connectivity index (χ0) is 11.1. The number of hydrogen-bond donors (Lipinski definition) is 6. The van der Waals surface area contributed by atoms with Crippen molar-refractivity contribution in [1.29, 1.82) is 0 Å². The first-order valence-electron chi connectivity index (χ1n) is 4.03.